The third kappa shape index (κ3) is 2.77. The van der Waals surface area contributed by atoms with E-state index in [1.807, 2.05) is 60.9 Å². The normalized spacial score (nSPS) is 11.5. The van der Waals surface area contributed by atoms with Crippen LogP contribution in [-0.4, -0.2) is 43.0 Å². The van der Waals surface area contributed by atoms with E-state index >= 15 is 0 Å². The molecule has 0 radical (unpaired) electrons. The molecule has 3 aromatic heterocycles. The van der Waals surface area contributed by atoms with Crippen LogP contribution in [0.2, 0.25) is 0 Å². The average molecular weight is 394 g/mol. The van der Waals surface area contributed by atoms with Gasteiger partial charge in [0.1, 0.15) is 5.78 Å². The van der Waals surface area contributed by atoms with Crippen LogP contribution in [0, 0.1) is 6.92 Å². The molecule has 0 spiro atoms. The minimum Gasteiger partial charge on any atom is -0.378 e. The Morgan fingerprint density at radius 3 is 2.38 bits per heavy atom. The van der Waals surface area contributed by atoms with Crippen molar-refractivity contribution < 1.29 is 4.79 Å². The van der Waals surface area contributed by atoms with E-state index in [9.17, 15) is 14.4 Å². The predicted octanol–water partition coefficient (Wildman–Crippen LogP) is 1.10. The summed E-state index contributed by atoms with van der Waals surface area (Å²) < 4.78 is 5.88. The monoisotopic (exact) mass is 394 g/mol. The third-order valence-corrected chi connectivity index (χ3v) is 5.03. The highest BCUT2D eigenvalue weighted by Gasteiger charge is 2.21. The van der Waals surface area contributed by atoms with E-state index in [0.717, 1.165) is 21.6 Å². The molecule has 9 nitrogen and oxygen atoms in total. The van der Waals surface area contributed by atoms with Gasteiger partial charge in [0.2, 0.25) is 5.78 Å². The molecule has 0 N–H and O–H groups in total. The Morgan fingerprint density at radius 2 is 1.79 bits per heavy atom. The molecule has 0 bridgehead atoms. The molecule has 0 aliphatic carbocycles. The highest BCUT2D eigenvalue weighted by Crippen LogP contribution is 2.22. The van der Waals surface area contributed by atoms with Crippen molar-refractivity contribution in [2.45, 2.75) is 20.4 Å². The van der Waals surface area contributed by atoms with E-state index < -0.39 is 11.2 Å². The van der Waals surface area contributed by atoms with Gasteiger partial charge >= 0.3 is 5.69 Å². The van der Waals surface area contributed by atoms with Gasteiger partial charge in [-0.3, -0.25) is 27.7 Å². The Hall–Kier alpha value is -3.62. The van der Waals surface area contributed by atoms with E-state index in [2.05, 4.69) is 4.98 Å². The van der Waals surface area contributed by atoms with Crippen LogP contribution in [0.15, 0.2) is 40.1 Å². The lowest BCUT2D eigenvalue weighted by Gasteiger charge is -2.13. The van der Waals surface area contributed by atoms with Crippen LogP contribution >= 0.6 is 0 Å². The molecule has 0 unspecified atom stereocenters. The van der Waals surface area contributed by atoms with Crippen LogP contribution in [0.5, 0.6) is 0 Å². The van der Waals surface area contributed by atoms with Gasteiger partial charge in [-0.25, -0.2) is 4.79 Å². The number of anilines is 1. The van der Waals surface area contributed by atoms with Crippen LogP contribution < -0.4 is 16.1 Å². The van der Waals surface area contributed by atoms with E-state index in [1.165, 1.54) is 11.5 Å². The number of fused-ring (bicyclic) bond motifs is 3. The first kappa shape index (κ1) is 18.7. The van der Waals surface area contributed by atoms with Gasteiger partial charge < -0.3 is 4.90 Å². The molecule has 150 valence electrons. The maximum atomic E-state index is 13.0. The number of carbonyl (C=O) groups is 1. The molecule has 3 heterocycles. The van der Waals surface area contributed by atoms with Gasteiger partial charge in [-0.2, -0.15) is 4.98 Å². The number of ketones is 1. The molecule has 0 fully saturated rings. The number of imidazole rings is 2. The van der Waals surface area contributed by atoms with E-state index in [1.54, 1.807) is 11.4 Å². The maximum absolute atomic E-state index is 13.0. The summed E-state index contributed by atoms with van der Waals surface area (Å²) in [6, 6.07) is 7.97. The molecule has 4 rings (SSSR count). The Balaban J connectivity index is 2.04. The molecule has 0 amide bonds. The van der Waals surface area contributed by atoms with Gasteiger partial charge in [0.05, 0.1) is 6.54 Å². The molecule has 0 aliphatic heterocycles. The van der Waals surface area contributed by atoms with Crippen LogP contribution in [0.25, 0.3) is 22.6 Å². The van der Waals surface area contributed by atoms with Crippen molar-refractivity contribution in [2.24, 2.45) is 7.05 Å². The van der Waals surface area contributed by atoms with E-state index in [4.69, 9.17) is 0 Å². The Bertz CT molecular complexity index is 1380. The second-order valence-corrected chi connectivity index (χ2v) is 7.41. The summed E-state index contributed by atoms with van der Waals surface area (Å²) in [4.78, 5) is 43.7. The zero-order valence-corrected chi connectivity index (χ0v) is 17.0. The van der Waals surface area contributed by atoms with Crippen LogP contribution in [0.4, 0.5) is 5.69 Å². The van der Waals surface area contributed by atoms with Crippen molar-refractivity contribution >= 4 is 28.4 Å². The highest BCUT2D eigenvalue weighted by molar-refractivity contribution is 5.78. The third-order valence-electron chi connectivity index (χ3n) is 5.03. The largest absolute Gasteiger partial charge is 0.378 e. The highest BCUT2D eigenvalue weighted by atomic mass is 16.2. The fraction of sp³-hybridized carbons (Fsp3) is 0.300. The molecular weight excluding hydrogens is 372 g/mol. The van der Waals surface area contributed by atoms with Gasteiger partial charge in [-0.05, 0) is 38.1 Å². The quantitative estimate of drug-likeness (QED) is 0.517. The summed E-state index contributed by atoms with van der Waals surface area (Å²) in [5.41, 5.74) is 2.33. The number of benzene rings is 1. The summed E-state index contributed by atoms with van der Waals surface area (Å²) in [5.74, 6) is 0.266. The number of aryl methyl sites for hydroxylation is 2. The first-order chi connectivity index (χ1) is 13.7. The van der Waals surface area contributed by atoms with Crippen molar-refractivity contribution in [1.82, 2.24) is 23.1 Å². The van der Waals surface area contributed by atoms with Gasteiger partial charge in [0.25, 0.3) is 5.56 Å². The van der Waals surface area contributed by atoms with E-state index in [0.29, 0.717) is 5.78 Å². The fourth-order valence-electron chi connectivity index (χ4n) is 3.59. The molecule has 4 aromatic rings. The van der Waals surface area contributed by atoms with Crippen LogP contribution in [0.3, 0.4) is 0 Å². The molecule has 1 aromatic carbocycles. The molecule has 0 aliphatic rings. The standard InChI is InChI=1S/C20H22N6O3/c1-12-10-24-16-17(23(5)20(29)25(18(16)28)11-13(2)27)21-19(24)26(12)15-8-6-14(7-9-15)22(3)4/h6-10H,11H2,1-5H3. The molecule has 9 heteroatoms. The van der Waals surface area contributed by atoms with Crippen molar-refractivity contribution in [1.29, 1.82) is 0 Å². The molecule has 0 saturated heterocycles. The number of hydrogen-bond acceptors (Lipinski definition) is 5. The van der Waals surface area contributed by atoms with Crippen molar-refractivity contribution in [3.8, 4) is 5.69 Å². The molecule has 0 saturated carbocycles. The summed E-state index contributed by atoms with van der Waals surface area (Å²) in [5, 5.41) is 0. The second-order valence-electron chi connectivity index (χ2n) is 7.41. The summed E-state index contributed by atoms with van der Waals surface area (Å²) >= 11 is 0. The first-order valence-corrected chi connectivity index (χ1v) is 9.18. The Labute approximate surface area is 166 Å². The van der Waals surface area contributed by atoms with Gasteiger partial charge in [-0.15, -0.1) is 0 Å². The minimum absolute atomic E-state index is 0.264. The molecule has 0 atom stereocenters. The Kier molecular flexibility index (Phi) is 4.18. The van der Waals surface area contributed by atoms with E-state index in [-0.39, 0.29) is 23.5 Å². The smallest absolute Gasteiger partial charge is 0.332 e. The van der Waals surface area contributed by atoms with Crippen molar-refractivity contribution in [3.05, 3.63) is 57.0 Å². The molecule has 29 heavy (non-hydrogen) atoms. The fourth-order valence-corrected chi connectivity index (χ4v) is 3.59. The van der Waals surface area contributed by atoms with Crippen LogP contribution in [0.1, 0.15) is 12.6 Å². The molecular formula is C20H22N6O3. The maximum Gasteiger partial charge on any atom is 0.332 e. The number of hydrogen-bond donors (Lipinski definition) is 0. The van der Waals surface area contributed by atoms with Crippen LogP contribution in [-0.2, 0) is 18.4 Å². The lowest BCUT2D eigenvalue weighted by atomic mass is 10.2. The lowest BCUT2D eigenvalue weighted by Crippen LogP contribution is -2.40. The topological polar surface area (TPSA) is 86.5 Å². The number of aromatic nitrogens is 5. The number of Topliss-reactive ketones (excluding diaryl/α,β-unsaturated/α-hetero) is 1. The summed E-state index contributed by atoms with van der Waals surface area (Å²) in [6.45, 7) is 3.01. The van der Waals surface area contributed by atoms with Crippen molar-refractivity contribution in [3.63, 3.8) is 0 Å². The van der Waals surface area contributed by atoms with Crippen molar-refractivity contribution in [2.75, 3.05) is 19.0 Å². The number of carbonyl (C=O) groups excluding carboxylic acids is 1. The second kappa shape index (κ2) is 6.47. The SMILES string of the molecule is CC(=O)Cn1c(=O)c2c(nc3n(-c4ccc(N(C)C)cc4)c(C)cn23)n(C)c1=O. The van der Waals surface area contributed by atoms with Gasteiger partial charge in [0.15, 0.2) is 11.2 Å². The Morgan fingerprint density at radius 1 is 1.14 bits per heavy atom. The summed E-state index contributed by atoms with van der Waals surface area (Å²) in [6.07, 6.45) is 1.81. The zero-order chi connectivity index (χ0) is 21.0. The number of nitrogens with zero attached hydrogens (tertiary/aromatic N) is 6. The first-order valence-electron chi connectivity index (χ1n) is 9.18. The predicted molar refractivity (Wildman–Crippen MR) is 111 cm³/mol. The van der Waals surface area contributed by atoms with Gasteiger partial charge in [-0.1, -0.05) is 0 Å². The number of rotatable bonds is 4. The lowest BCUT2D eigenvalue weighted by molar-refractivity contribution is -0.117. The zero-order valence-electron chi connectivity index (χ0n) is 17.0. The summed E-state index contributed by atoms with van der Waals surface area (Å²) in [7, 11) is 5.50. The minimum atomic E-state index is -0.558. The average Bonchev–Trinajstić information content (AvgIpc) is 3.18. The van der Waals surface area contributed by atoms with Gasteiger partial charge in [0, 0.05) is 44.4 Å².